The van der Waals surface area contributed by atoms with Crippen LogP contribution < -0.4 is 0 Å². The Labute approximate surface area is 125 Å². The van der Waals surface area contributed by atoms with Crippen LogP contribution in [0.3, 0.4) is 0 Å². The molecule has 0 aliphatic rings. The van der Waals surface area contributed by atoms with Crippen molar-refractivity contribution in [3.05, 3.63) is 33.9 Å². The first-order valence-electron chi connectivity index (χ1n) is 6.69. The minimum Gasteiger partial charge on any atom is -0.394 e. The van der Waals surface area contributed by atoms with Crippen molar-refractivity contribution in [1.82, 2.24) is 0 Å². The van der Waals surface area contributed by atoms with Crippen molar-refractivity contribution in [2.75, 3.05) is 12.4 Å². The van der Waals surface area contributed by atoms with Crippen LogP contribution in [0.4, 0.5) is 0 Å². The molecular weight excluding hydrogens is 292 g/mol. The summed E-state index contributed by atoms with van der Waals surface area (Å²) in [5.41, 5.74) is 3.44. The van der Waals surface area contributed by atoms with Gasteiger partial charge in [-0.15, -0.1) is 0 Å². The Morgan fingerprint density at radius 2 is 1.81 bits per heavy atom. The van der Waals surface area contributed by atoms with Crippen molar-refractivity contribution in [3.63, 3.8) is 0 Å². The average Bonchev–Trinajstić information content (AvgIpc) is 2.33. The molecule has 1 atom stereocenters. The maximum absolute atomic E-state index is 12.1. The first-order chi connectivity index (χ1) is 9.59. The summed E-state index contributed by atoms with van der Waals surface area (Å²) in [6, 6.07) is 1.80. The third-order valence-electron chi connectivity index (χ3n) is 3.50. The largest absolute Gasteiger partial charge is 0.394 e. The predicted octanol–water partition coefficient (Wildman–Crippen LogP) is 1.08. The number of Topliss-reactive ketones (excluding diaryl/α,β-unsaturated/α-hetero) is 1. The number of aliphatic hydroxyl groups excluding tert-OH is 2. The molecule has 0 fully saturated rings. The van der Waals surface area contributed by atoms with Gasteiger partial charge in [-0.2, -0.15) is 0 Å². The summed E-state index contributed by atoms with van der Waals surface area (Å²) >= 11 is 0. The highest BCUT2D eigenvalue weighted by Crippen LogP contribution is 2.25. The number of sulfone groups is 1. The monoisotopic (exact) mass is 314 g/mol. The Morgan fingerprint density at radius 1 is 1.24 bits per heavy atom. The van der Waals surface area contributed by atoms with E-state index < -0.39 is 28.3 Å². The number of rotatable bonds is 6. The first-order valence-corrected chi connectivity index (χ1v) is 8.51. The van der Waals surface area contributed by atoms with Gasteiger partial charge in [0.05, 0.1) is 24.2 Å². The van der Waals surface area contributed by atoms with E-state index in [9.17, 15) is 18.3 Å². The quantitative estimate of drug-likeness (QED) is 0.767. The minimum atomic E-state index is -3.57. The van der Waals surface area contributed by atoms with Gasteiger partial charge in [-0.3, -0.25) is 4.79 Å². The summed E-state index contributed by atoms with van der Waals surface area (Å²) in [6.07, 6.45) is -1.28. The van der Waals surface area contributed by atoms with Gasteiger partial charge in [0.2, 0.25) is 0 Å². The zero-order chi connectivity index (χ0) is 16.4. The van der Waals surface area contributed by atoms with Gasteiger partial charge in [0.1, 0.15) is 0 Å². The predicted molar refractivity (Wildman–Crippen MR) is 81.2 cm³/mol. The summed E-state index contributed by atoms with van der Waals surface area (Å²) in [6.45, 7) is 6.23. The van der Waals surface area contributed by atoms with Crippen molar-refractivity contribution < 1.29 is 23.4 Å². The maximum Gasteiger partial charge on any atom is 0.160 e. The number of aliphatic hydroxyl groups is 2. The lowest BCUT2D eigenvalue weighted by Gasteiger charge is -2.16. The molecule has 1 rings (SSSR count). The molecule has 0 aliphatic carbocycles. The number of hydrogen-bond donors (Lipinski definition) is 2. The summed E-state index contributed by atoms with van der Waals surface area (Å²) in [7, 11) is -3.57. The summed E-state index contributed by atoms with van der Waals surface area (Å²) < 4.78 is 24.2. The standard InChI is InChI=1S/C15H22O5S/c1-9-5-10(2)15(12(4)17)11(3)14(9)8-21(19,20)7-13(18)6-16/h5,13,16,18H,6-8H2,1-4H3. The number of aryl methyl sites for hydroxylation is 2. The zero-order valence-electron chi connectivity index (χ0n) is 12.8. The number of carbonyl (C=O) groups is 1. The van der Waals surface area contributed by atoms with Crippen LogP contribution in [-0.4, -0.2) is 42.9 Å². The molecule has 0 aliphatic heterocycles. The van der Waals surface area contributed by atoms with Gasteiger partial charge in [-0.05, 0) is 49.9 Å². The Kier molecular flexibility index (Phi) is 5.67. The van der Waals surface area contributed by atoms with E-state index in [1.807, 2.05) is 6.92 Å². The van der Waals surface area contributed by atoms with Crippen LogP contribution in [0, 0.1) is 20.8 Å². The highest BCUT2D eigenvalue weighted by Gasteiger charge is 2.22. The summed E-state index contributed by atoms with van der Waals surface area (Å²) in [4.78, 5) is 11.7. The third-order valence-corrected chi connectivity index (χ3v) is 5.13. The molecule has 0 saturated heterocycles. The lowest BCUT2D eigenvalue weighted by molar-refractivity contribution is 0.101. The Morgan fingerprint density at radius 3 is 2.29 bits per heavy atom. The maximum atomic E-state index is 12.1. The van der Waals surface area contributed by atoms with E-state index in [0.29, 0.717) is 16.7 Å². The van der Waals surface area contributed by atoms with Crippen LogP contribution in [0.25, 0.3) is 0 Å². The smallest absolute Gasteiger partial charge is 0.160 e. The molecule has 6 heteroatoms. The van der Waals surface area contributed by atoms with Crippen LogP contribution in [-0.2, 0) is 15.6 Å². The van der Waals surface area contributed by atoms with Crippen molar-refractivity contribution in [2.45, 2.75) is 39.6 Å². The topological polar surface area (TPSA) is 91.7 Å². The van der Waals surface area contributed by atoms with Crippen LogP contribution in [0.15, 0.2) is 6.07 Å². The molecule has 0 saturated carbocycles. The normalized spacial score (nSPS) is 13.2. The molecule has 1 unspecified atom stereocenters. The van der Waals surface area contributed by atoms with E-state index >= 15 is 0 Å². The van der Waals surface area contributed by atoms with Crippen molar-refractivity contribution >= 4 is 15.6 Å². The lowest BCUT2D eigenvalue weighted by atomic mass is 9.92. The van der Waals surface area contributed by atoms with Crippen LogP contribution >= 0.6 is 0 Å². The summed E-state index contributed by atoms with van der Waals surface area (Å²) in [5, 5.41) is 18.1. The molecule has 0 radical (unpaired) electrons. The van der Waals surface area contributed by atoms with E-state index in [2.05, 4.69) is 0 Å². The van der Waals surface area contributed by atoms with Crippen LogP contribution in [0.1, 0.15) is 39.5 Å². The van der Waals surface area contributed by atoms with Gasteiger partial charge in [0, 0.05) is 5.56 Å². The molecule has 1 aromatic carbocycles. The van der Waals surface area contributed by atoms with E-state index in [4.69, 9.17) is 5.11 Å². The molecule has 0 heterocycles. The molecular formula is C15H22O5S. The second kappa shape index (κ2) is 6.68. The fraction of sp³-hybridized carbons (Fsp3) is 0.533. The fourth-order valence-electron chi connectivity index (χ4n) is 2.61. The van der Waals surface area contributed by atoms with E-state index in [1.54, 1.807) is 19.9 Å². The molecule has 0 aromatic heterocycles. The molecule has 21 heavy (non-hydrogen) atoms. The van der Waals surface area contributed by atoms with Gasteiger partial charge < -0.3 is 10.2 Å². The van der Waals surface area contributed by atoms with Crippen LogP contribution in [0.2, 0.25) is 0 Å². The number of ketones is 1. The first kappa shape index (κ1) is 17.8. The van der Waals surface area contributed by atoms with Crippen molar-refractivity contribution in [3.8, 4) is 0 Å². The Bertz CT molecular complexity index is 647. The Hall–Kier alpha value is -1.24. The van der Waals surface area contributed by atoms with Gasteiger partial charge in [-0.25, -0.2) is 8.42 Å². The minimum absolute atomic E-state index is 0.0981. The highest BCUT2D eigenvalue weighted by molar-refractivity contribution is 7.90. The molecule has 0 spiro atoms. The Balaban J connectivity index is 3.26. The van der Waals surface area contributed by atoms with E-state index in [0.717, 1.165) is 11.1 Å². The molecule has 118 valence electrons. The average molecular weight is 314 g/mol. The number of carbonyl (C=O) groups excluding carboxylic acids is 1. The second-order valence-electron chi connectivity index (χ2n) is 5.44. The zero-order valence-corrected chi connectivity index (χ0v) is 13.6. The van der Waals surface area contributed by atoms with Gasteiger partial charge in [0.15, 0.2) is 15.6 Å². The molecule has 0 bridgehead atoms. The third kappa shape index (κ3) is 4.36. The van der Waals surface area contributed by atoms with Gasteiger partial charge in [-0.1, -0.05) is 6.07 Å². The van der Waals surface area contributed by atoms with E-state index in [1.165, 1.54) is 6.92 Å². The number of benzene rings is 1. The molecule has 5 nitrogen and oxygen atoms in total. The summed E-state index contributed by atoms with van der Waals surface area (Å²) in [5.74, 6) is -0.840. The van der Waals surface area contributed by atoms with Gasteiger partial charge in [0.25, 0.3) is 0 Å². The van der Waals surface area contributed by atoms with Gasteiger partial charge >= 0.3 is 0 Å². The lowest BCUT2D eigenvalue weighted by Crippen LogP contribution is -2.25. The second-order valence-corrected chi connectivity index (χ2v) is 7.55. The van der Waals surface area contributed by atoms with Crippen molar-refractivity contribution in [2.24, 2.45) is 0 Å². The molecule has 0 amide bonds. The van der Waals surface area contributed by atoms with E-state index in [-0.39, 0.29) is 11.5 Å². The highest BCUT2D eigenvalue weighted by atomic mass is 32.2. The molecule has 1 aromatic rings. The fourth-order valence-corrected chi connectivity index (χ4v) is 4.31. The molecule has 2 N–H and O–H groups in total. The van der Waals surface area contributed by atoms with Crippen molar-refractivity contribution in [1.29, 1.82) is 0 Å². The van der Waals surface area contributed by atoms with Crippen LogP contribution in [0.5, 0.6) is 0 Å². The SMILES string of the molecule is CC(=O)c1c(C)cc(C)c(CS(=O)(=O)CC(O)CO)c1C. The number of hydrogen-bond acceptors (Lipinski definition) is 5.